The summed E-state index contributed by atoms with van der Waals surface area (Å²) < 4.78 is 0. The maximum atomic E-state index is 10.9. The highest BCUT2D eigenvalue weighted by atomic mass is 16.4. The molecule has 0 radical (unpaired) electrons. The molecule has 1 aromatic rings. The van der Waals surface area contributed by atoms with Crippen LogP contribution in [0, 0.1) is 17.2 Å². The lowest BCUT2D eigenvalue weighted by Gasteiger charge is -2.16. The monoisotopic (exact) mass is 229 g/mol. The number of carboxylic acids is 1. The molecule has 0 amide bonds. The SMILES string of the molecule is N#CC(c1cccc(C(=O)O)c1)C1CCCC1. The van der Waals surface area contributed by atoms with Gasteiger partial charge < -0.3 is 5.11 Å². The van der Waals surface area contributed by atoms with Gasteiger partial charge in [0.15, 0.2) is 0 Å². The normalized spacial score (nSPS) is 17.6. The minimum absolute atomic E-state index is 0.156. The third-order valence-corrected chi connectivity index (χ3v) is 3.50. The second kappa shape index (κ2) is 5.01. The van der Waals surface area contributed by atoms with Gasteiger partial charge in [-0.1, -0.05) is 25.0 Å². The minimum Gasteiger partial charge on any atom is -0.478 e. The van der Waals surface area contributed by atoms with Crippen molar-refractivity contribution in [1.82, 2.24) is 0 Å². The summed E-state index contributed by atoms with van der Waals surface area (Å²) in [5.74, 6) is -0.698. The summed E-state index contributed by atoms with van der Waals surface area (Å²) in [4.78, 5) is 10.9. The first kappa shape index (κ1) is 11.7. The number of nitrogens with zero attached hydrogens (tertiary/aromatic N) is 1. The van der Waals surface area contributed by atoms with E-state index in [1.807, 2.05) is 6.07 Å². The molecule has 0 spiro atoms. The zero-order chi connectivity index (χ0) is 12.3. The van der Waals surface area contributed by atoms with Crippen LogP contribution in [-0.4, -0.2) is 11.1 Å². The molecule has 3 nitrogen and oxygen atoms in total. The van der Waals surface area contributed by atoms with Gasteiger partial charge >= 0.3 is 5.97 Å². The molecule has 1 N–H and O–H groups in total. The topological polar surface area (TPSA) is 61.1 Å². The maximum absolute atomic E-state index is 10.9. The molecule has 0 aromatic heterocycles. The fourth-order valence-corrected chi connectivity index (χ4v) is 2.61. The molecular formula is C14H15NO2. The zero-order valence-electron chi connectivity index (χ0n) is 9.60. The van der Waals surface area contributed by atoms with E-state index in [-0.39, 0.29) is 11.5 Å². The van der Waals surface area contributed by atoms with E-state index >= 15 is 0 Å². The molecule has 0 aliphatic heterocycles. The maximum Gasteiger partial charge on any atom is 0.335 e. The minimum atomic E-state index is -0.935. The molecule has 3 heteroatoms. The number of carboxylic acid groups (broad SMARTS) is 1. The fourth-order valence-electron chi connectivity index (χ4n) is 2.61. The van der Waals surface area contributed by atoms with Crippen molar-refractivity contribution in [2.75, 3.05) is 0 Å². The Balaban J connectivity index is 2.27. The molecule has 1 saturated carbocycles. The standard InChI is InChI=1S/C14H15NO2/c15-9-13(10-4-1-2-5-10)11-6-3-7-12(8-11)14(16)17/h3,6-8,10,13H,1-2,4-5H2,(H,16,17). The van der Waals surface area contributed by atoms with Crippen molar-refractivity contribution in [3.63, 3.8) is 0 Å². The van der Waals surface area contributed by atoms with Gasteiger partial charge in [0.05, 0.1) is 17.6 Å². The van der Waals surface area contributed by atoms with E-state index < -0.39 is 5.97 Å². The van der Waals surface area contributed by atoms with Crippen LogP contribution in [0.4, 0.5) is 0 Å². The Hall–Kier alpha value is -1.82. The lowest BCUT2D eigenvalue weighted by molar-refractivity contribution is 0.0696. The van der Waals surface area contributed by atoms with E-state index in [4.69, 9.17) is 5.11 Å². The van der Waals surface area contributed by atoms with Crippen LogP contribution >= 0.6 is 0 Å². The van der Waals surface area contributed by atoms with Gasteiger partial charge in [-0.05, 0) is 36.5 Å². The Labute approximate surface area is 101 Å². The summed E-state index contributed by atoms with van der Waals surface area (Å²) in [5, 5.41) is 18.2. The van der Waals surface area contributed by atoms with Gasteiger partial charge in [-0.3, -0.25) is 0 Å². The van der Waals surface area contributed by atoms with Crippen molar-refractivity contribution in [3.8, 4) is 6.07 Å². The molecule has 0 heterocycles. The van der Waals surface area contributed by atoms with Crippen LogP contribution in [0.3, 0.4) is 0 Å². The number of rotatable bonds is 3. The quantitative estimate of drug-likeness (QED) is 0.865. The molecule has 17 heavy (non-hydrogen) atoms. The molecule has 1 aromatic carbocycles. The Kier molecular flexibility index (Phi) is 3.43. The van der Waals surface area contributed by atoms with Crippen molar-refractivity contribution >= 4 is 5.97 Å². The summed E-state index contributed by atoms with van der Waals surface area (Å²) in [6, 6.07) is 9.11. The van der Waals surface area contributed by atoms with Crippen molar-refractivity contribution in [2.24, 2.45) is 5.92 Å². The van der Waals surface area contributed by atoms with E-state index in [2.05, 4.69) is 6.07 Å². The number of nitriles is 1. The number of hydrogen-bond donors (Lipinski definition) is 1. The average Bonchev–Trinajstić information content (AvgIpc) is 2.84. The predicted octanol–water partition coefficient (Wildman–Crippen LogP) is 3.18. The highest BCUT2D eigenvalue weighted by Gasteiger charge is 2.26. The predicted molar refractivity (Wildman–Crippen MR) is 63.7 cm³/mol. The van der Waals surface area contributed by atoms with E-state index in [0.717, 1.165) is 18.4 Å². The second-order valence-corrected chi connectivity index (χ2v) is 4.58. The Bertz CT molecular complexity index is 456. The molecule has 1 atom stereocenters. The van der Waals surface area contributed by atoms with Crippen LogP contribution in [0.25, 0.3) is 0 Å². The molecule has 2 rings (SSSR count). The van der Waals surface area contributed by atoms with Crippen LogP contribution in [-0.2, 0) is 0 Å². The van der Waals surface area contributed by atoms with Crippen molar-refractivity contribution in [2.45, 2.75) is 31.6 Å². The van der Waals surface area contributed by atoms with Crippen LogP contribution in [0.1, 0.15) is 47.5 Å². The first-order valence-corrected chi connectivity index (χ1v) is 5.95. The molecule has 0 saturated heterocycles. The van der Waals surface area contributed by atoms with Gasteiger partial charge in [-0.2, -0.15) is 5.26 Å². The summed E-state index contributed by atoms with van der Waals surface area (Å²) >= 11 is 0. The Morgan fingerprint density at radius 2 is 2.12 bits per heavy atom. The second-order valence-electron chi connectivity index (χ2n) is 4.58. The third kappa shape index (κ3) is 2.47. The smallest absolute Gasteiger partial charge is 0.335 e. The van der Waals surface area contributed by atoms with E-state index in [1.54, 1.807) is 18.2 Å². The third-order valence-electron chi connectivity index (χ3n) is 3.50. The van der Waals surface area contributed by atoms with Crippen LogP contribution in [0.2, 0.25) is 0 Å². The summed E-state index contributed by atoms with van der Waals surface area (Å²) in [5.41, 5.74) is 1.11. The van der Waals surface area contributed by atoms with E-state index in [1.165, 1.54) is 12.8 Å². The molecule has 1 unspecified atom stereocenters. The first-order chi connectivity index (χ1) is 8.22. The van der Waals surface area contributed by atoms with Gasteiger partial charge in [-0.25, -0.2) is 4.79 Å². The fraction of sp³-hybridized carbons (Fsp3) is 0.429. The summed E-state index contributed by atoms with van der Waals surface area (Å²) in [6.07, 6.45) is 4.52. The highest BCUT2D eigenvalue weighted by Crippen LogP contribution is 2.37. The van der Waals surface area contributed by atoms with E-state index in [0.29, 0.717) is 5.92 Å². The highest BCUT2D eigenvalue weighted by molar-refractivity contribution is 5.87. The molecule has 88 valence electrons. The average molecular weight is 229 g/mol. The van der Waals surface area contributed by atoms with Crippen LogP contribution in [0.5, 0.6) is 0 Å². The van der Waals surface area contributed by atoms with Gasteiger partial charge in [0, 0.05) is 0 Å². The van der Waals surface area contributed by atoms with Gasteiger partial charge in [0.25, 0.3) is 0 Å². The van der Waals surface area contributed by atoms with Crippen molar-refractivity contribution < 1.29 is 9.90 Å². The van der Waals surface area contributed by atoms with Gasteiger partial charge in [0.2, 0.25) is 0 Å². The molecule has 0 bridgehead atoms. The van der Waals surface area contributed by atoms with Crippen molar-refractivity contribution in [3.05, 3.63) is 35.4 Å². The molecule has 1 aliphatic carbocycles. The lowest BCUT2D eigenvalue weighted by Crippen LogP contribution is -2.08. The molecular weight excluding hydrogens is 214 g/mol. The van der Waals surface area contributed by atoms with Crippen molar-refractivity contribution in [1.29, 1.82) is 5.26 Å². The molecule has 1 aliphatic rings. The largest absolute Gasteiger partial charge is 0.478 e. The number of benzene rings is 1. The number of hydrogen-bond acceptors (Lipinski definition) is 2. The summed E-state index contributed by atoms with van der Waals surface area (Å²) in [6.45, 7) is 0. The Morgan fingerprint density at radius 1 is 1.41 bits per heavy atom. The van der Waals surface area contributed by atoms with Crippen LogP contribution in [0.15, 0.2) is 24.3 Å². The number of aromatic carboxylic acids is 1. The van der Waals surface area contributed by atoms with Crippen LogP contribution < -0.4 is 0 Å². The number of carbonyl (C=O) groups is 1. The van der Waals surface area contributed by atoms with Gasteiger partial charge in [0.1, 0.15) is 0 Å². The Morgan fingerprint density at radius 3 is 2.71 bits per heavy atom. The van der Waals surface area contributed by atoms with Gasteiger partial charge in [-0.15, -0.1) is 0 Å². The zero-order valence-corrected chi connectivity index (χ0v) is 9.60. The first-order valence-electron chi connectivity index (χ1n) is 5.95. The summed E-state index contributed by atoms with van der Waals surface area (Å²) in [7, 11) is 0. The molecule has 1 fully saturated rings. The van der Waals surface area contributed by atoms with E-state index in [9.17, 15) is 10.1 Å². The lowest BCUT2D eigenvalue weighted by atomic mass is 9.85.